The summed E-state index contributed by atoms with van der Waals surface area (Å²) in [5.74, 6) is 1.70. The first-order chi connectivity index (χ1) is 13.7. The van der Waals surface area contributed by atoms with Crippen molar-refractivity contribution in [2.75, 3.05) is 27.3 Å². The minimum atomic E-state index is 0. The van der Waals surface area contributed by atoms with Gasteiger partial charge >= 0.3 is 0 Å². The Kier molecular flexibility index (Phi) is 9.82. The zero-order chi connectivity index (χ0) is 19.8. The summed E-state index contributed by atoms with van der Waals surface area (Å²) in [5, 5.41) is 7.52. The molecule has 1 saturated heterocycles. The summed E-state index contributed by atoms with van der Waals surface area (Å²) in [7, 11) is 5.66. The van der Waals surface area contributed by atoms with Crippen LogP contribution in [0, 0.1) is 0 Å². The number of hydrogen-bond donors (Lipinski definition) is 1. The summed E-state index contributed by atoms with van der Waals surface area (Å²) in [6, 6.07) is 8.48. The Morgan fingerprint density at radius 1 is 1.34 bits per heavy atom. The zero-order valence-electron chi connectivity index (χ0n) is 17.4. The van der Waals surface area contributed by atoms with Crippen molar-refractivity contribution in [2.45, 2.75) is 38.6 Å². The third-order valence-corrected chi connectivity index (χ3v) is 4.85. The SMILES string of the molecule is CN=C(NCc1cccc(COC2CCOCC2)c1)N(C)Cc1ncnn1C.I. The van der Waals surface area contributed by atoms with E-state index in [2.05, 4.69) is 44.7 Å². The number of aromatic nitrogens is 3. The van der Waals surface area contributed by atoms with E-state index in [1.165, 1.54) is 11.1 Å². The van der Waals surface area contributed by atoms with E-state index in [9.17, 15) is 0 Å². The number of benzene rings is 1. The molecule has 0 aliphatic carbocycles. The van der Waals surface area contributed by atoms with Gasteiger partial charge in [-0.2, -0.15) is 5.10 Å². The van der Waals surface area contributed by atoms with Gasteiger partial charge in [0.1, 0.15) is 12.2 Å². The van der Waals surface area contributed by atoms with Crippen molar-refractivity contribution in [2.24, 2.45) is 12.0 Å². The van der Waals surface area contributed by atoms with Crippen LogP contribution in [0.4, 0.5) is 0 Å². The lowest BCUT2D eigenvalue weighted by Crippen LogP contribution is -2.38. The second-order valence-corrected chi connectivity index (χ2v) is 7.00. The van der Waals surface area contributed by atoms with Crippen LogP contribution in [0.2, 0.25) is 0 Å². The molecule has 160 valence electrons. The molecule has 0 spiro atoms. The fourth-order valence-electron chi connectivity index (χ4n) is 3.20. The molecule has 1 N–H and O–H groups in total. The second kappa shape index (κ2) is 12.1. The average Bonchev–Trinajstić information content (AvgIpc) is 3.12. The highest BCUT2D eigenvalue weighted by Gasteiger charge is 2.14. The third kappa shape index (κ3) is 7.23. The number of aliphatic imine (C=N–C) groups is 1. The van der Waals surface area contributed by atoms with E-state index >= 15 is 0 Å². The molecule has 8 nitrogen and oxygen atoms in total. The predicted molar refractivity (Wildman–Crippen MR) is 123 cm³/mol. The number of halogens is 1. The lowest BCUT2D eigenvalue weighted by Gasteiger charge is -2.23. The molecule has 2 heterocycles. The summed E-state index contributed by atoms with van der Waals surface area (Å²) >= 11 is 0. The van der Waals surface area contributed by atoms with Gasteiger partial charge in [0.05, 0.1) is 19.3 Å². The van der Waals surface area contributed by atoms with Crippen molar-refractivity contribution in [3.8, 4) is 0 Å². The molecule has 29 heavy (non-hydrogen) atoms. The molecular weight excluding hydrogens is 483 g/mol. The Morgan fingerprint density at radius 2 is 2.10 bits per heavy atom. The highest BCUT2D eigenvalue weighted by atomic mass is 127. The van der Waals surface area contributed by atoms with E-state index in [0.29, 0.717) is 25.8 Å². The van der Waals surface area contributed by atoms with Crippen LogP contribution < -0.4 is 5.32 Å². The molecule has 0 radical (unpaired) electrons. The third-order valence-electron chi connectivity index (χ3n) is 4.85. The topological polar surface area (TPSA) is 76.8 Å². The molecular formula is C20H31IN6O2. The highest BCUT2D eigenvalue weighted by molar-refractivity contribution is 14.0. The van der Waals surface area contributed by atoms with Gasteiger partial charge in [-0.15, -0.1) is 24.0 Å². The minimum Gasteiger partial charge on any atom is -0.381 e. The number of ether oxygens (including phenoxy) is 2. The molecule has 3 rings (SSSR count). The largest absolute Gasteiger partial charge is 0.381 e. The maximum Gasteiger partial charge on any atom is 0.194 e. The van der Waals surface area contributed by atoms with Crippen molar-refractivity contribution >= 4 is 29.9 Å². The quantitative estimate of drug-likeness (QED) is 0.348. The van der Waals surface area contributed by atoms with Crippen molar-refractivity contribution in [1.29, 1.82) is 0 Å². The number of guanidine groups is 1. The predicted octanol–water partition coefficient (Wildman–Crippen LogP) is 2.34. The molecule has 0 amide bonds. The van der Waals surface area contributed by atoms with E-state index in [4.69, 9.17) is 9.47 Å². The molecule has 1 aromatic heterocycles. The smallest absolute Gasteiger partial charge is 0.194 e. The monoisotopic (exact) mass is 514 g/mol. The van der Waals surface area contributed by atoms with E-state index in [0.717, 1.165) is 37.8 Å². The lowest BCUT2D eigenvalue weighted by atomic mass is 10.1. The molecule has 0 bridgehead atoms. The highest BCUT2D eigenvalue weighted by Crippen LogP contribution is 2.14. The Bertz CT molecular complexity index is 776. The van der Waals surface area contributed by atoms with Crippen molar-refractivity contribution < 1.29 is 9.47 Å². The molecule has 0 atom stereocenters. The van der Waals surface area contributed by atoms with Crippen LogP contribution in [0.3, 0.4) is 0 Å². The molecule has 1 aliphatic heterocycles. The van der Waals surface area contributed by atoms with Gasteiger partial charge in [0, 0.05) is 40.9 Å². The molecule has 1 aromatic carbocycles. The number of nitrogens with zero attached hydrogens (tertiary/aromatic N) is 5. The normalized spacial score (nSPS) is 15.1. The maximum absolute atomic E-state index is 6.03. The molecule has 0 unspecified atom stereocenters. The Balaban J connectivity index is 0.00000300. The fraction of sp³-hybridized carbons (Fsp3) is 0.550. The van der Waals surface area contributed by atoms with Gasteiger partial charge in [-0.25, -0.2) is 4.98 Å². The number of rotatable bonds is 7. The first-order valence-corrected chi connectivity index (χ1v) is 9.67. The number of hydrogen-bond acceptors (Lipinski definition) is 5. The standard InChI is InChI=1S/C20H30N6O2.HI/c1-21-20(25(2)13-19-23-15-24-26(19)3)22-12-16-5-4-6-17(11-16)14-28-18-7-9-27-10-8-18;/h4-6,11,15,18H,7-10,12-14H2,1-3H3,(H,21,22);1H. The summed E-state index contributed by atoms with van der Waals surface area (Å²) in [6.45, 7) is 3.57. The average molecular weight is 514 g/mol. The Hall–Kier alpha value is -1.72. The summed E-state index contributed by atoms with van der Waals surface area (Å²) in [4.78, 5) is 10.7. The van der Waals surface area contributed by atoms with Gasteiger partial charge < -0.3 is 19.7 Å². The van der Waals surface area contributed by atoms with E-state index in [1.54, 1.807) is 18.1 Å². The van der Waals surface area contributed by atoms with Crippen LogP contribution in [-0.2, 0) is 36.2 Å². The molecule has 1 fully saturated rings. The van der Waals surface area contributed by atoms with Crippen LogP contribution in [0.5, 0.6) is 0 Å². The second-order valence-electron chi connectivity index (χ2n) is 7.00. The van der Waals surface area contributed by atoms with Crippen LogP contribution in [0.15, 0.2) is 35.6 Å². The van der Waals surface area contributed by atoms with E-state index in [1.807, 2.05) is 19.0 Å². The van der Waals surface area contributed by atoms with Crippen LogP contribution >= 0.6 is 24.0 Å². The van der Waals surface area contributed by atoms with Gasteiger partial charge in [0.15, 0.2) is 5.96 Å². The molecule has 0 saturated carbocycles. The van der Waals surface area contributed by atoms with Crippen LogP contribution in [0.25, 0.3) is 0 Å². The Morgan fingerprint density at radius 3 is 2.79 bits per heavy atom. The summed E-state index contributed by atoms with van der Waals surface area (Å²) < 4.78 is 13.2. The van der Waals surface area contributed by atoms with Gasteiger partial charge in [0.2, 0.25) is 0 Å². The lowest BCUT2D eigenvalue weighted by molar-refractivity contribution is -0.0390. The number of nitrogens with one attached hydrogen (secondary N) is 1. The van der Waals surface area contributed by atoms with Crippen molar-refractivity contribution in [3.63, 3.8) is 0 Å². The van der Waals surface area contributed by atoms with Gasteiger partial charge in [0.25, 0.3) is 0 Å². The zero-order valence-corrected chi connectivity index (χ0v) is 19.7. The summed E-state index contributed by atoms with van der Waals surface area (Å²) in [6.07, 6.45) is 3.83. The first-order valence-electron chi connectivity index (χ1n) is 9.67. The van der Waals surface area contributed by atoms with E-state index in [-0.39, 0.29) is 24.0 Å². The van der Waals surface area contributed by atoms with Gasteiger partial charge in [-0.3, -0.25) is 9.67 Å². The van der Waals surface area contributed by atoms with Crippen molar-refractivity contribution in [3.05, 3.63) is 47.5 Å². The summed E-state index contributed by atoms with van der Waals surface area (Å²) in [5.41, 5.74) is 2.38. The minimum absolute atomic E-state index is 0. The van der Waals surface area contributed by atoms with Gasteiger partial charge in [-0.1, -0.05) is 24.3 Å². The molecule has 2 aromatic rings. The maximum atomic E-state index is 6.03. The van der Waals surface area contributed by atoms with Gasteiger partial charge in [-0.05, 0) is 24.0 Å². The first kappa shape index (κ1) is 23.6. The van der Waals surface area contributed by atoms with Crippen LogP contribution in [0.1, 0.15) is 29.8 Å². The van der Waals surface area contributed by atoms with Crippen LogP contribution in [-0.4, -0.2) is 59.0 Å². The molecule has 1 aliphatic rings. The molecule has 9 heteroatoms. The fourth-order valence-corrected chi connectivity index (χ4v) is 3.20. The van der Waals surface area contributed by atoms with E-state index < -0.39 is 0 Å². The number of aryl methyl sites for hydroxylation is 1. The Labute approximate surface area is 189 Å². The van der Waals surface area contributed by atoms with Crippen molar-refractivity contribution in [1.82, 2.24) is 25.0 Å².